The van der Waals surface area contributed by atoms with Gasteiger partial charge in [0, 0.05) is 4.57 Å². The van der Waals surface area contributed by atoms with Crippen molar-refractivity contribution in [2.45, 2.75) is 12.6 Å². The summed E-state index contributed by atoms with van der Waals surface area (Å²) in [5.74, 6) is -0.469. The molecule has 2 unspecified atom stereocenters. The van der Waals surface area contributed by atoms with E-state index >= 15 is 0 Å². The standard InChI is InChI=1S/C4H8Cl2O5P/c5-1-3(7)10-12(9)11-4(8)2-6/h3-4,7-8H,1-2H2/q+1. The fourth-order valence-corrected chi connectivity index (χ4v) is 1.18. The lowest BCUT2D eigenvalue weighted by Gasteiger charge is -1.98. The van der Waals surface area contributed by atoms with E-state index in [1.807, 2.05) is 0 Å². The minimum absolute atomic E-state index is 0.235. The van der Waals surface area contributed by atoms with E-state index in [4.69, 9.17) is 33.4 Å². The molecule has 0 bridgehead atoms. The largest absolute Gasteiger partial charge is 0.702 e. The first-order chi connectivity index (χ1) is 5.60. The highest BCUT2D eigenvalue weighted by molar-refractivity contribution is 7.33. The molecule has 2 N–H and O–H groups in total. The van der Waals surface area contributed by atoms with Crippen molar-refractivity contribution in [1.82, 2.24) is 0 Å². The van der Waals surface area contributed by atoms with Gasteiger partial charge in [0.1, 0.15) is 0 Å². The average Bonchev–Trinajstić information content (AvgIpc) is 2.03. The molecule has 0 saturated carbocycles. The molecule has 0 spiro atoms. The smallest absolute Gasteiger partial charge is 0.363 e. The zero-order valence-corrected chi connectivity index (χ0v) is 8.30. The first-order valence-electron chi connectivity index (χ1n) is 2.89. The highest BCUT2D eigenvalue weighted by Gasteiger charge is 2.29. The molecule has 72 valence electrons. The molecule has 5 nitrogen and oxygen atoms in total. The topological polar surface area (TPSA) is 76.0 Å². The number of aliphatic hydroxyl groups excluding tert-OH is 2. The van der Waals surface area contributed by atoms with Crippen molar-refractivity contribution >= 4 is 31.5 Å². The van der Waals surface area contributed by atoms with E-state index in [0.29, 0.717) is 0 Å². The van der Waals surface area contributed by atoms with E-state index in [1.165, 1.54) is 0 Å². The van der Waals surface area contributed by atoms with Gasteiger partial charge in [-0.15, -0.1) is 23.2 Å². The summed E-state index contributed by atoms with van der Waals surface area (Å²) in [6.45, 7) is 0. The molecule has 0 aliphatic heterocycles. The Morgan fingerprint density at radius 1 is 1.17 bits per heavy atom. The van der Waals surface area contributed by atoms with Crippen LogP contribution >= 0.6 is 31.5 Å². The summed E-state index contributed by atoms with van der Waals surface area (Å²) in [7, 11) is -2.59. The number of alkyl halides is 2. The lowest BCUT2D eigenvalue weighted by Crippen LogP contribution is -2.13. The number of halogens is 2. The van der Waals surface area contributed by atoms with Crippen molar-refractivity contribution in [3.63, 3.8) is 0 Å². The molecule has 0 heterocycles. The van der Waals surface area contributed by atoms with Crippen LogP contribution in [0.15, 0.2) is 0 Å². The molecule has 2 atom stereocenters. The first-order valence-corrected chi connectivity index (χ1v) is 5.05. The monoisotopic (exact) mass is 237 g/mol. The van der Waals surface area contributed by atoms with Gasteiger partial charge < -0.3 is 10.2 Å². The Balaban J connectivity index is 3.59. The van der Waals surface area contributed by atoms with Crippen LogP contribution in [0.25, 0.3) is 0 Å². The second-order valence-electron chi connectivity index (χ2n) is 1.65. The fraction of sp³-hybridized carbons (Fsp3) is 1.00. The van der Waals surface area contributed by atoms with Crippen LogP contribution in [0.3, 0.4) is 0 Å². The van der Waals surface area contributed by atoms with E-state index < -0.39 is 20.8 Å². The maximum atomic E-state index is 10.6. The Kier molecular flexibility index (Phi) is 7.28. The fourth-order valence-electron chi connectivity index (χ4n) is 0.280. The second-order valence-corrected chi connectivity index (χ2v) is 3.14. The molecule has 0 aromatic carbocycles. The lowest BCUT2D eigenvalue weighted by molar-refractivity contribution is -0.0400. The van der Waals surface area contributed by atoms with Crippen molar-refractivity contribution in [2.24, 2.45) is 0 Å². The maximum absolute atomic E-state index is 10.6. The first kappa shape index (κ1) is 12.5. The molecule has 0 aliphatic rings. The third-order valence-corrected chi connectivity index (χ3v) is 2.04. The van der Waals surface area contributed by atoms with Crippen molar-refractivity contribution in [3.05, 3.63) is 0 Å². The van der Waals surface area contributed by atoms with Gasteiger partial charge in [-0.1, -0.05) is 9.05 Å². The van der Waals surface area contributed by atoms with Crippen LogP contribution < -0.4 is 0 Å². The quantitative estimate of drug-likeness (QED) is 0.406. The Morgan fingerprint density at radius 2 is 1.50 bits per heavy atom. The van der Waals surface area contributed by atoms with E-state index in [-0.39, 0.29) is 11.8 Å². The molecule has 0 rings (SSSR count). The molecule has 0 aliphatic carbocycles. The van der Waals surface area contributed by atoms with E-state index in [9.17, 15) is 4.57 Å². The minimum atomic E-state index is -2.59. The predicted molar refractivity (Wildman–Crippen MR) is 43.2 cm³/mol. The third-order valence-electron chi connectivity index (χ3n) is 0.679. The maximum Gasteiger partial charge on any atom is 0.702 e. The van der Waals surface area contributed by atoms with Gasteiger partial charge in [-0.3, -0.25) is 0 Å². The number of hydrogen-bond acceptors (Lipinski definition) is 5. The van der Waals surface area contributed by atoms with Gasteiger partial charge in [0.15, 0.2) is 0 Å². The molecule has 0 saturated heterocycles. The zero-order valence-electron chi connectivity index (χ0n) is 5.89. The molecule has 0 radical (unpaired) electrons. The molecule has 0 amide bonds. The van der Waals surface area contributed by atoms with Gasteiger partial charge in [-0.05, 0) is 0 Å². The minimum Gasteiger partial charge on any atom is -0.363 e. The van der Waals surface area contributed by atoms with Crippen molar-refractivity contribution < 1.29 is 23.8 Å². The van der Waals surface area contributed by atoms with Crippen LogP contribution in [0.1, 0.15) is 0 Å². The summed E-state index contributed by atoms with van der Waals surface area (Å²) in [6.07, 6.45) is -2.75. The highest BCUT2D eigenvalue weighted by atomic mass is 35.5. The molecular weight excluding hydrogens is 230 g/mol. The molecular formula is C4H8Cl2O5P+. The number of aliphatic hydroxyl groups is 2. The van der Waals surface area contributed by atoms with Gasteiger partial charge >= 0.3 is 8.25 Å². The van der Waals surface area contributed by atoms with Crippen LogP contribution in [0.5, 0.6) is 0 Å². The molecule has 8 heteroatoms. The van der Waals surface area contributed by atoms with Gasteiger partial charge in [0.2, 0.25) is 12.6 Å². The normalized spacial score (nSPS) is 17.2. The van der Waals surface area contributed by atoms with Crippen LogP contribution in [-0.2, 0) is 13.6 Å². The Hall–Kier alpha value is 0.520. The van der Waals surface area contributed by atoms with E-state index in [1.54, 1.807) is 0 Å². The van der Waals surface area contributed by atoms with Crippen LogP contribution in [0, 0.1) is 0 Å². The van der Waals surface area contributed by atoms with Gasteiger partial charge in [0.25, 0.3) is 0 Å². The van der Waals surface area contributed by atoms with Crippen LogP contribution in [0.4, 0.5) is 0 Å². The summed E-state index contributed by atoms with van der Waals surface area (Å²) >= 11 is 10.2. The van der Waals surface area contributed by atoms with Crippen molar-refractivity contribution in [1.29, 1.82) is 0 Å². The zero-order chi connectivity index (χ0) is 9.56. The Bertz CT molecular complexity index is 131. The van der Waals surface area contributed by atoms with E-state index in [0.717, 1.165) is 0 Å². The summed E-state index contributed by atoms with van der Waals surface area (Å²) in [6, 6.07) is 0. The number of hydrogen-bond donors (Lipinski definition) is 2. The van der Waals surface area contributed by atoms with Gasteiger partial charge in [-0.25, -0.2) is 0 Å². The summed E-state index contributed by atoms with van der Waals surface area (Å²) < 4.78 is 19.2. The van der Waals surface area contributed by atoms with Gasteiger partial charge in [-0.2, -0.15) is 0 Å². The third kappa shape index (κ3) is 6.08. The van der Waals surface area contributed by atoms with Crippen LogP contribution in [0.2, 0.25) is 0 Å². The average molecular weight is 238 g/mol. The highest BCUT2D eigenvalue weighted by Crippen LogP contribution is 2.27. The molecule has 0 aromatic heterocycles. The molecule has 12 heavy (non-hydrogen) atoms. The summed E-state index contributed by atoms with van der Waals surface area (Å²) in [5.41, 5.74) is 0. The Morgan fingerprint density at radius 3 is 1.75 bits per heavy atom. The second kappa shape index (κ2) is 6.97. The Labute approximate surface area is 80.1 Å². The molecule has 0 aromatic rings. The SMILES string of the molecule is O=[P+](OC(O)CCl)OC(O)CCl. The summed E-state index contributed by atoms with van der Waals surface area (Å²) in [5, 5.41) is 17.4. The predicted octanol–water partition coefficient (Wildman–Crippen LogP) is 0.791. The van der Waals surface area contributed by atoms with Crippen LogP contribution in [-0.4, -0.2) is 34.6 Å². The molecule has 0 fully saturated rings. The van der Waals surface area contributed by atoms with Crippen molar-refractivity contribution in [2.75, 3.05) is 11.8 Å². The lowest BCUT2D eigenvalue weighted by atomic mass is 10.8. The number of rotatable bonds is 6. The summed E-state index contributed by atoms with van der Waals surface area (Å²) in [4.78, 5) is 0. The van der Waals surface area contributed by atoms with E-state index in [2.05, 4.69) is 9.05 Å². The van der Waals surface area contributed by atoms with Crippen molar-refractivity contribution in [3.8, 4) is 0 Å². The van der Waals surface area contributed by atoms with Gasteiger partial charge in [0.05, 0.1) is 11.8 Å².